The van der Waals surface area contributed by atoms with Gasteiger partial charge in [-0.3, -0.25) is 0 Å². The molecule has 0 bridgehead atoms. The van der Waals surface area contributed by atoms with Crippen LogP contribution >= 0.6 is 0 Å². The van der Waals surface area contributed by atoms with Crippen molar-refractivity contribution in [3.63, 3.8) is 0 Å². The molecule has 0 aromatic carbocycles. The van der Waals surface area contributed by atoms with Crippen LogP contribution in [0.15, 0.2) is 18.3 Å². The van der Waals surface area contributed by atoms with Crippen molar-refractivity contribution in [3.05, 3.63) is 23.9 Å². The molecule has 132 valence electrons. The summed E-state index contributed by atoms with van der Waals surface area (Å²) < 4.78 is 5.93. The van der Waals surface area contributed by atoms with Gasteiger partial charge in [-0.2, -0.15) is 0 Å². The SMILES string of the molecule is CN(C)c1ncccc1CNC(=O)N1CCC(OCC2CC2)CC1. The Balaban J connectivity index is 1.42. The third-order valence-corrected chi connectivity index (χ3v) is 4.71. The summed E-state index contributed by atoms with van der Waals surface area (Å²) in [5.41, 5.74) is 1.03. The van der Waals surface area contributed by atoms with Gasteiger partial charge in [-0.05, 0) is 37.7 Å². The first-order chi connectivity index (χ1) is 11.6. The maximum Gasteiger partial charge on any atom is 0.317 e. The Morgan fingerprint density at radius 3 is 2.75 bits per heavy atom. The second kappa shape index (κ2) is 7.83. The number of likely N-dealkylation sites (tertiary alicyclic amines) is 1. The van der Waals surface area contributed by atoms with Gasteiger partial charge in [-0.1, -0.05) is 6.07 Å². The van der Waals surface area contributed by atoms with Crippen LogP contribution in [0, 0.1) is 5.92 Å². The minimum absolute atomic E-state index is 0.00389. The summed E-state index contributed by atoms with van der Waals surface area (Å²) >= 11 is 0. The number of hydrogen-bond acceptors (Lipinski definition) is 4. The van der Waals surface area contributed by atoms with Gasteiger partial charge in [-0.25, -0.2) is 9.78 Å². The highest BCUT2D eigenvalue weighted by Crippen LogP contribution is 2.30. The fraction of sp³-hybridized carbons (Fsp3) is 0.667. The maximum absolute atomic E-state index is 12.4. The lowest BCUT2D eigenvalue weighted by molar-refractivity contribution is 0.00946. The smallest absolute Gasteiger partial charge is 0.317 e. The van der Waals surface area contributed by atoms with Crippen LogP contribution in [0.3, 0.4) is 0 Å². The zero-order valence-electron chi connectivity index (χ0n) is 14.7. The first-order valence-corrected chi connectivity index (χ1v) is 8.89. The Bertz CT molecular complexity index is 552. The van der Waals surface area contributed by atoms with E-state index in [0.29, 0.717) is 12.6 Å². The molecule has 1 aliphatic carbocycles. The molecule has 1 aliphatic heterocycles. The zero-order chi connectivity index (χ0) is 16.9. The van der Waals surface area contributed by atoms with Gasteiger partial charge in [0.05, 0.1) is 6.10 Å². The standard InChI is InChI=1S/C18H28N4O2/c1-21(2)17-15(4-3-9-19-17)12-20-18(23)22-10-7-16(8-11-22)24-13-14-5-6-14/h3-4,9,14,16H,5-8,10-13H2,1-2H3,(H,20,23). The van der Waals surface area contributed by atoms with E-state index in [4.69, 9.17) is 4.74 Å². The Morgan fingerprint density at radius 2 is 2.08 bits per heavy atom. The Hall–Kier alpha value is -1.82. The first kappa shape index (κ1) is 17.0. The molecule has 1 saturated carbocycles. The largest absolute Gasteiger partial charge is 0.378 e. The molecule has 0 spiro atoms. The molecule has 1 aromatic heterocycles. The van der Waals surface area contributed by atoms with E-state index >= 15 is 0 Å². The quantitative estimate of drug-likeness (QED) is 0.868. The van der Waals surface area contributed by atoms with Crippen molar-refractivity contribution in [1.29, 1.82) is 0 Å². The fourth-order valence-electron chi connectivity index (χ4n) is 3.04. The predicted molar refractivity (Wildman–Crippen MR) is 94.1 cm³/mol. The number of pyridine rings is 1. The molecule has 6 nitrogen and oxygen atoms in total. The number of carbonyl (C=O) groups is 1. The lowest BCUT2D eigenvalue weighted by atomic mass is 10.1. The number of aromatic nitrogens is 1. The van der Waals surface area contributed by atoms with Crippen LogP contribution in [0.5, 0.6) is 0 Å². The summed E-state index contributed by atoms with van der Waals surface area (Å²) in [6.07, 6.45) is 6.63. The molecule has 2 heterocycles. The number of ether oxygens (including phenoxy) is 1. The normalized spacial score (nSPS) is 18.5. The van der Waals surface area contributed by atoms with Gasteiger partial charge in [-0.15, -0.1) is 0 Å². The lowest BCUT2D eigenvalue weighted by Crippen LogP contribution is -2.45. The molecule has 1 aromatic rings. The average molecular weight is 332 g/mol. The number of rotatable bonds is 6. The topological polar surface area (TPSA) is 57.7 Å². The summed E-state index contributed by atoms with van der Waals surface area (Å²) in [5.74, 6) is 1.70. The minimum atomic E-state index is 0.00389. The molecule has 3 rings (SSSR count). The summed E-state index contributed by atoms with van der Waals surface area (Å²) in [7, 11) is 3.92. The summed E-state index contributed by atoms with van der Waals surface area (Å²) in [5, 5.41) is 3.02. The number of carbonyl (C=O) groups excluding carboxylic acids is 1. The molecule has 6 heteroatoms. The van der Waals surface area contributed by atoms with Gasteiger partial charge < -0.3 is 19.9 Å². The maximum atomic E-state index is 12.4. The summed E-state index contributed by atoms with van der Waals surface area (Å²) in [6, 6.07) is 3.90. The highest BCUT2D eigenvalue weighted by Gasteiger charge is 2.26. The van der Waals surface area contributed by atoms with Gasteiger partial charge in [0.2, 0.25) is 0 Å². The van der Waals surface area contributed by atoms with Gasteiger partial charge in [0, 0.05) is 52.1 Å². The van der Waals surface area contributed by atoms with Crippen LogP contribution < -0.4 is 10.2 Å². The molecule has 2 fully saturated rings. The van der Waals surface area contributed by atoms with Crippen LogP contribution in [0.2, 0.25) is 0 Å². The number of anilines is 1. The fourth-order valence-corrected chi connectivity index (χ4v) is 3.04. The number of piperidine rings is 1. The van der Waals surface area contributed by atoms with Crippen molar-refractivity contribution in [2.75, 3.05) is 38.7 Å². The molecule has 2 aliphatic rings. The van der Waals surface area contributed by atoms with E-state index in [9.17, 15) is 4.79 Å². The first-order valence-electron chi connectivity index (χ1n) is 8.89. The zero-order valence-corrected chi connectivity index (χ0v) is 14.7. The molecule has 24 heavy (non-hydrogen) atoms. The van der Waals surface area contributed by atoms with Gasteiger partial charge in [0.15, 0.2) is 0 Å². The molecular formula is C18H28N4O2. The molecule has 0 unspecified atom stereocenters. The van der Waals surface area contributed by atoms with E-state index in [-0.39, 0.29) is 6.03 Å². The second-order valence-corrected chi connectivity index (χ2v) is 7.00. The van der Waals surface area contributed by atoms with Crippen molar-refractivity contribution in [1.82, 2.24) is 15.2 Å². The highest BCUT2D eigenvalue weighted by molar-refractivity contribution is 5.74. The lowest BCUT2D eigenvalue weighted by Gasteiger charge is -2.32. The van der Waals surface area contributed by atoms with Gasteiger partial charge >= 0.3 is 6.03 Å². The van der Waals surface area contributed by atoms with Gasteiger partial charge in [0.25, 0.3) is 0 Å². The summed E-state index contributed by atoms with van der Waals surface area (Å²) in [4.78, 5) is 20.6. The summed E-state index contributed by atoms with van der Waals surface area (Å²) in [6.45, 7) is 2.95. The number of hydrogen-bond donors (Lipinski definition) is 1. The highest BCUT2D eigenvalue weighted by atomic mass is 16.5. The second-order valence-electron chi connectivity index (χ2n) is 7.00. The Labute approximate surface area is 144 Å². The predicted octanol–water partition coefficient (Wildman–Crippen LogP) is 2.25. The molecule has 1 N–H and O–H groups in total. The molecule has 0 radical (unpaired) electrons. The van der Waals surface area contributed by atoms with Crippen molar-refractivity contribution in [2.24, 2.45) is 5.92 Å². The monoisotopic (exact) mass is 332 g/mol. The number of nitrogens with zero attached hydrogens (tertiary/aromatic N) is 3. The number of nitrogens with one attached hydrogen (secondary N) is 1. The van der Waals surface area contributed by atoms with Crippen LogP contribution in [-0.2, 0) is 11.3 Å². The van der Waals surface area contributed by atoms with Crippen molar-refractivity contribution < 1.29 is 9.53 Å². The van der Waals surface area contributed by atoms with E-state index in [2.05, 4.69) is 10.3 Å². The Kier molecular flexibility index (Phi) is 5.56. The van der Waals surface area contributed by atoms with E-state index in [0.717, 1.165) is 49.8 Å². The van der Waals surface area contributed by atoms with E-state index < -0.39 is 0 Å². The van der Waals surface area contributed by atoms with E-state index in [1.807, 2.05) is 36.0 Å². The third kappa shape index (κ3) is 4.60. The van der Waals surface area contributed by atoms with Crippen LogP contribution in [-0.4, -0.2) is 55.8 Å². The van der Waals surface area contributed by atoms with Crippen LogP contribution in [0.1, 0.15) is 31.2 Å². The third-order valence-electron chi connectivity index (χ3n) is 4.71. The molecule has 0 atom stereocenters. The number of urea groups is 1. The minimum Gasteiger partial charge on any atom is -0.378 e. The van der Waals surface area contributed by atoms with Crippen molar-refractivity contribution in [2.45, 2.75) is 38.3 Å². The molecular weight excluding hydrogens is 304 g/mol. The van der Waals surface area contributed by atoms with Crippen molar-refractivity contribution in [3.8, 4) is 0 Å². The van der Waals surface area contributed by atoms with E-state index in [1.54, 1.807) is 6.20 Å². The van der Waals surface area contributed by atoms with Crippen LogP contribution in [0.25, 0.3) is 0 Å². The molecule has 1 saturated heterocycles. The van der Waals surface area contributed by atoms with Crippen molar-refractivity contribution >= 4 is 11.8 Å². The Morgan fingerprint density at radius 1 is 1.33 bits per heavy atom. The van der Waals surface area contributed by atoms with E-state index in [1.165, 1.54) is 12.8 Å². The average Bonchev–Trinajstić information content (AvgIpc) is 3.43. The number of amides is 2. The van der Waals surface area contributed by atoms with Gasteiger partial charge in [0.1, 0.15) is 5.82 Å². The van der Waals surface area contributed by atoms with Crippen LogP contribution in [0.4, 0.5) is 10.6 Å². The molecule has 2 amide bonds.